The third-order valence-electron chi connectivity index (χ3n) is 4.07. The normalized spacial score (nSPS) is 12.7. The predicted molar refractivity (Wildman–Crippen MR) is 100 cm³/mol. The Hall–Kier alpha value is -3.26. The molecule has 0 fully saturated rings. The van der Waals surface area contributed by atoms with Crippen LogP contribution < -0.4 is 10.6 Å². The largest absolute Gasteiger partial charge is 0.384 e. The average Bonchev–Trinajstić information content (AvgIpc) is 2.62. The second-order valence-electron chi connectivity index (χ2n) is 6.23. The molecule has 0 heterocycles. The highest BCUT2D eigenvalue weighted by molar-refractivity contribution is 5.99. The van der Waals surface area contributed by atoms with Crippen LogP contribution in [0.4, 0.5) is 11.4 Å². The van der Waals surface area contributed by atoms with Gasteiger partial charge >= 0.3 is 0 Å². The van der Waals surface area contributed by atoms with Crippen molar-refractivity contribution in [1.29, 1.82) is 0 Å². The molecule has 2 aromatic carbocycles. The maximum Gasteiger partial charge on any atom is 0.269 e. The van der Waals surface area contributed by atoms with Gasteiger partial charge in [0.25, 0.3) is 11.6 Å². The van der Waals surface area contributed by atoms with E-state index in [1.807, 2.05) is 32.0 Å². The number of aryl methyl sites for hydroxylation is 2. The summed E-state index contributed by atoms with van der Waals surface area (Å²) in [5, 5.41) is 25.7. The highest BCUT2D eigenvalue weighted by Crippen LogP contribution is 2.24. The van der Waals surface area contributed by atoms with Gasteiger partial charge in [0.1, 0.15) is 12.1 Å². The van der Waals surface area contributed by atoms with Crippen molar-refractivity contribution >= 4 is 23.2 Å². The van der Waals surface area contributed by atoms with Crippen molar-refractivity contribution in [3.05, 3.63) is 69.3 Å². The number of hydrogen-bond donors (Lipinski definition) is 3. The van der Waals surface area contributed by atoms with Gasteiger partial charge in [-0.3, -0.25) is 19.7 Å². The highest BCUT2D eigenvalue weighted by atomic mass is 16.6. The minimum atomic E-state index is -1.33. The minimum Gasteiger partial charge on any atom is -0.384 e. The van der Waals surface area contributed by atoms with Crippen molar-refractivity contribution in [2.45, 2.75) is 32.9 Å². The SMILES string of the molecule is Cc1cccc(C)c1NC(=O)[C@@H](NC(=O)[C@@H](C)O)c1cccc([N+](=O)[O-])c1. The summed E-state index contributed by atoms with van der Waals surface area (Å²) < 4.78 is 0. The molecular weight excluding hydrogens is 350 g/mol. The third kappa shape index (κ3) is 4.89. The van der Waals surface area contributed by atoms with Gasteiger partial charge < -0.3 is 15.7 Å². The second kappa shape index (κ2) is 8.41. The predicted octanol–water partition coefficient (Wildman–Crippen LogP) is 2.39. The molecule has 0 saturated carbocycles. The molecule has 0 saturated heterocycles. The number of nitro groups is 1. The van der Waals surface area contributed by atoms with Gasteiger partial charge in [-0.05, 0) is 37.5 Å². The number of benzene rings is 2. The number of rotatable bonds is 6. The summed E-state index contributed by atoms with van der Waals surface area (Å²) in [5.74, 6) is -1.33. The first-order valence-corrected chi connectivity index (χ1v) is 8.30. The first-order chi connectivity index (χ1) is 12.7. The Morgan fingerprint density at radius 2 is 1.67 bits per heavy atom. The Bertz CT molecular complexity index is 859. The number of carbonyl (C=O) groups is 2. The van der Waals surface area contributed by atoms with Crippen molar-refractivity contribution in [2.75, 3.05) is 5.32 Å². The quantitative estimate of drug-likeness (QED) is 0.532. The molecule has 0 aliphatic rings. The summed E-state index contributed by atoms with van der Waals surface area (Å²) in [5.41, 5.74) is 2.31. The molecule has 8 nitrogen and oxygen atoms in total. The van der Waals surface area contributed by atoms with Crippen LogP contribution in [-0.4, -0.2) is 27.9 Å². The number of non-ortho nitro benzene ring substituents is 1. The monoisotopic (exact) mass is 371 g/mol. The summed E-state index contributed by atoms with van der Waals surface area (Å²) in [6, 6.07) is 9.77. The second-order valence-corrected chi connectivity index (χ2v) is 6.23. The van der Waals surface area contributed by atoms with Crippen molar-refractivity contribution in [1.82, 2.24) is 5.32 Å². The van der Waals surface area contributed by atoms with E-state index in [0.717, 1.165) is 11.1 Å². The lowest BCUT2D eigenvalue weighted by atomic mass is 10.0. The zero-order valence-corrected chi connectivity index (χ0v) is 15.2. The van der Waals surface area contributed by atoms with E-state index in [9.17, 15) is 24.8 Å². The lowest BCUT2D eigenvalue weighted by Gasteiger charge is -2.21. The summed E-state index contributed by atoms with van der Waals surface area (Å²) in [6.45, 7) is 4.93. The van der Waals surface area contributed by atoms with E-state index < -0.39 is 28.9 Å². The van der Waals surface area contributed by atoms with E-state index in [1.165, 1.54) is 31.2 Å². The lowest BCUT2D eigenvalue weighted by Crippen LogP contribution is -2.41. The van der Waals surface area contributed by atoms with Crippen LogP contribution in [0.15, 0.2) is 42.5 Å². The molecule has 0 aliphatic heterocycles. The number of anilines is 1. The summed E-state index contributed by atoms with van der Waals surface area (Å²) in [7, 11) is 0. The van der Waals surface area contributed by atoms with Crippen molar-refractivity contribution in [3.8, 4) is 0 Å². The number of hydrogen-bond acceptors (Lipinski definition) is 5. The molecule has 2 rings (SSSR count). The molecule has 142 valence electrons. The molecule has 0 radical (unpaired) electrons. The molecule has 0 unspecified atom stereocenters. The van der Waals surface area contributed by atoms with Crippen molar-refractivity contribution < 1.29 is 19.6 Å². The minimum absolute atomic E-state index is 0.205. The molecule has 3 N–H and O–H groups in total. The van der Waals surface area contributed by atoms with Crippen LogP contribution in [0.1, 0.15) is 29.7 Å². The van der Waals surface area contributed by atoms with Crippen LogP contribution >= 0.6 is 0 Å². The number of para-hydroxylation sites is 1. The van der Waals surface area contributed by atoms with E-state index in [-0.39, 0.29) is 11.3 Å². The molecule has 8 heteroatoms. The van der Waals surface area contributed by atoms with E-state index in [4.69, 9.17) is 0 Å². The van der Waals surface area contributed by atoms with Crippen LogP contribution in [0.3, 0.4) is 0 Å². The van der Waals surface area contributed by atoms with Gasteiger partial charge in [-0.1, -0.05) is 30.3 Å². The fraction of sp³-hybridized carbons (Fsp3) is 0.263. The zero-order valence-electron chi connectivity index (χ0n) is 15.2. The van der Waals surface area contributed by atoms with Crippen LogP contribution in [0, 0.1) is 24.0 Å². The maximum atomic E-state index is 12.9. The van der Waals surface area contributed by atoms with Crippen LogP contribution in [0.5, 0.6) is 0 Å². The lowest BCUT2D eigenvalue weighted by molar-refractivity contribution is -0.384. The molecule has 2 atom stereocenters. The number of nitro benzene ring substituents is 1. The third-order valence-corrected chi connectivity index (χ3v) is 4.07. The topological polar surface area (TPSA) is 122 Å². The Balaban J connectivity index is 2.40. The molecule has 0 bridgehead atoms. The summed E-state index contributed by atoms with van der Waals surface area (Å²) in [6.07, 6.45) is -1.33. The number of nitrogens with zero attached hydrogens (tertiary/aromatic N) is 1. The van der Waals surface area contributed by atoms with Crippen LogP contribution in [0.25, 0.3) is 0 Å². The summed E-state index contributed by atoms with van der Waals surface area (Å²) >= 11 is 0. The van der Waals surface area contributed by atoms with E-state index in [1.54, 1.807) is 0 Å². The van der Waals surface area contributed by atoms with Gasteiger partial charge in [0.15, 0.2) is 0 Å². The molecule has 2 amide bonds. The van der Waals surface area contributed by atoms with E-state index in [2.05, 4.69) is 10.6 Å². The Morgan fingerprint density at radius 3 is 2.22 bits per heavy atom. The van der Waals surface area contributed by atoms with Crippen LogP contribution in [0.2, 0.25) is 0 Å². The molecule has 2 aromatic rings. The number of carbonyl (C=O) groups excluding carboxylic acids is 2. The van der Waals surface area contributed by atoms with Crippen molar-refractivity contribution in [3.63, 3.8) is 0 Å². The first kappa shape index (κ1) is 20.1. The Morgan fingerprint density at radius 1 is 1.07 bits per heavy atom. The van der Waals surface area contributed by atoms with Gasteiger partial charge in [-0.2, -0.15) is 0 Å². The van der Waals surface area contributed by atoms with Crippen molar-refractivity contribution in [2.24, 2.45) is 0 Å². The number of aliphatic hydroxyl groups is 1. The molecule has 0 spiro atoms. The smallest absolute Gasteiger partial charge is 0.269 e. The number of nitrogens with one attached hydrogen (secondary N) is 2. The molecular formula is C19H21N3O5. The van der Waals surface area contributed by atoms with Gasteiger partial charge in [0.05, 0.1) is 4.92 Å². The zero-order chi connectivity index (χ0) is 20.1. The maximum absolute atomic E-state index is 12.9. The standard InChI is InChI=1S/C19H21N3O5/c1-11-6-4-7-12(2)16(11)20-19(25)17(21-18(24)13(3)23)14-8-5-9-15(10-14)22(26)27/h4-10,13,17,23H,1-3H3,(H,20,25)(H,21,24)/t13-,17+/m1/s1. The fourth-order valence-electron chi connectivity index (χ4n) is 2.59. The van der Waals surface area contributed by atoms with Gasteiger partial charge in [-0.15, -0.1) is 0 Å². The Labute approximate surface area is 156 Å². The van der Waals surface area contributed by atoms with E-state index >= 15 is 0 Å². The highest BCUT2D eigenvalue weighted by Gasteiger charge is 2.26. The first-order valence-electron chi connectivity index (χ1n) is 8.30. The van der Waals surface area contributed by atoms with Gasteiger partial charge in [-0.25, -0.2) is 0 Å². The average molecular weight is 371 g/mol. The molecule has 0 aliphatic carbocycles. The van der Waals surface area contributed by atoms with Gasteiger partial charge in [0, 0.05) is 17.8 Å². The summed E-state index contributed by atoms with van der Waals surface area (Å²) in [4.78, 5) is 35.3. The number of amides is 2. The fourth-order valence-corrected chi connectivity index (χ4v) is 2.59. The van der Waals surface area contributed by atoms with Gasteiger partial charge in [0.2, 0.25) is 5.91 Å². The van der Waals surface area contributed by atoms with Crippen LogP contribution in [-0.2, 0) is 9.59 Å². The molecule has 0 aromatic heterocycles. The Kier molecular flexibility index (Phi) is 6.25. The van der Waals surface area contributed by atoms with E-state index in [0.29, 0.717) is 5.69 Å². The number of aliphatic hydroxyl groups excluding tert-OH is 1. The molecule has 27 heavy (non-hydrogen) atoms.